The predicted octanol–water partition coefficient (Wildman–Crippen LogP) is 3.12. The van der Waals surface area contributed by atoms with Gasteiger partial charge in [0.1, 0.15) is 5.60 Å². The summed E-state index contributed by atoms with van der Waals surface area (Å²) in [5.74, 6) is 0.880. The lowest BCUT2D eigenvalue weighted by atomic mass is 9.87. The van der Waals surface area contributed by atoms with Crippen molar-refractivity contribution >= 4 is 11.3 Å². The zero-order chi connectivity index (χ0) is 12.3. The molecule has 0 aromatic carbocycles. The van der Waals surface area contributed by atoms with Crippen LogP contribution < -0.4 is 5.32 Å². The van der Waals surface area contributed by atoms with E-state index >= 15 is 0 Å². The zero-order valence-corrected chi connectivity index (χ0v) is 11.6. The van der Waals surface area contributed by atoms with Gasteiger partial charge in [-0.05, 0) is 50.0 Å². The van der Waals surface area contributed by atoms with Crippen molar-refractivity contribution in [3.8, 4) is 0 Å². The van der Waals surface area contributed by atoms with Gasteiger partial charge in [0.15, 0.2) is 0 Å². The van der Waals surface area contributed by atoms with Crippen molar-refractivity contribution in [2.45, 2.75) is 51.2 Å². The molecule has 3 heteroatoms. The second-order valence-corrected chi connectivity index (χ2v) is 6.54. The lowest BCUT2D eigenvalue weighted by molar-refractivity contribution is 0.0552. The molecule has 0 bridgehead atoms. The SMILES string of the molecule is CC1CCC(NCC(C)(O)c2cccs2)CC1. The van der Waals surface area contributed by atoms with Gasteiger partial charge in [0.25, 0.3) is 0 Å². The minimum atomic E-state index is -0.725. The average Bonchev–Trinajstić information content (AvgIpc) is 2.82. The Morgan fingerprint density at radius 3 is 2.71 bits per heavy atom. The standard InChI is InChI=1S/C14H23NOS/c1-11-5-7-12(8-6-11)15-10-14(2,16)13-4-3-9-17-13/h3-4,9,11-12,15-16H,5-8,10H2,1-2H3. The Balaban J connectivity index is 1.81. The van der Waals surface area contributed by atoms with Gasteiger partial charge in [0.05, 0.1) is 0 Å². The molecule has 0 saturated heterocycles. The summed E-state index contributed by atoms with van der Waals surface area (Å²) in [5.41, 5.74) is -0.725. The molecule has 0 radical (unpaired) electrons. The summed E-state index contributed by atoms with van der Waals surface area (Å²) in [5, 5.41) is 16.0. The van der Waals surface area contributed by atoms with E-state index in [1.807, 2.05) is 24.4 Å². The highest BCUT2D eigenvalue weighted by Crippen LogP contribution is 2.27. The third kappa shape index (κ3) is 3.54. The normalized spacial score (nSPS) is 28.9. The molecule has 1 fully saturated rings. The second kappa shape index (κ2) is 5.51. The van der Waals surface area contributed by atoms with Crippen molar-refractivity contribution in [1.29, 1.82) is 0 Å². The molecule has 1 saturated carbocycles. The van der Waals surface area contributed by atoms with Crippen molar-refractivity contribution in [3.05, 3.63) is 22.4 Å². The van der Waals surface area contributed by atoms with Crippen LogP contribution in [0, 0.1) is 5.92 Å². The number of hydrogen-bond donors (Lipinski definition) is 2. The third-order valence-electron chi connectivity index (χ3n) is 3.80. The molecule has 1 unspecified atom stereocenters. The van der Waals surface area contributed by atoms with Crippen molar-refractivity contribution in [2.75, 3.05) is 6.54 Å². The molecule has 1 aromatic heterocycles. The van der Waals surface area contributed by atoms with Gasteiger partial charge in [0, 0.05) is 17.5 Å². The first-order valence-corrected chi connectivity index (χ1v) is 7.45. The largest absolute Gasteiger partial charge is 0.383 e. The first-order chi connectivity index (χ1) is 8.08. The maximum absolute atomic E-state index is 10.4. The maximum atomic E-state index is 10.4. The quantitative estimate of drug-likeness (QED) is 0.864. The van der Waals surface area contributed by atoms with E-state index in [0.29, 0.717) is 12.6 Å². The van der Waals surface area contributed by atoms with Crippen LogP contribution in [-0.2, 0) is 5.60 Å². The highest BCUT2D eigenvalue weighted by Gasteiger charge is 2.26. The predicted molar refractivity (Wildman–Crippen MR) is 73.3 cm³/mol. The van der Waals surface area contributed by atoms with Crippen LogP contribution in [0.3, 0.4) is 0 Å². The maximum Gasteiger partial charge on any atom is 0.108 e. The minimum absolute atomic E-state index is 0.595. The van der Waals surface area contributed by atoms with E-state index in [-0.39, 0.29) is 0 Å². The van der Waals surface area contributed by atoms with Crippen LogP contribution in [-0.4, -0.2) is 17.7 Å². The van der Waals surface area contributed by atoms with Gasteiger partial charge < -0.3 is 10.4 Å². The van der Waals surface area contributed by atoms with Crippen LogP contribution in [0.1, 0.15) is 44.4 Å². The van der Waals surface area contributed by atoms with Gasteiger partial charge in [-0.1, -0.05) is 13.0 Å². The Morgan fingerprint density at radius 2 is 2.12 bits per heavy atom. The molecule has 0 amide bonds. The molecular weight excluding hydrogens is 230 g/mol. The molecule has 1 aromatic rings. The molecule has 2 rings (SSSR count). The van der Waals surface area contributed by atoms with Crippen molar-refractivity contribution in [3.63, 3.8) is 0 Å². The molecule has 17 heavy (non-hydrogen) atoms. The Kier molecular flexibility index (Phi) is 4.23. The number of nitrogens with one attached hydrogen (secondary N) is 1. The summed E-state index contributed by atoms with van der Waals surface area (Å²) in [4.78, 5) is 1.05. The van der Waals surface area contributed by atoms with Gasteiger partial charge in [-0.2, -0.15) is 0 Å². The first kappa shape index (κ1) is 13.1. The zero-order valence-electron chi connectivity index (χ0n) is 10.8. The van der Waals surface area contributed by atoms with Crippen LogP contribution in [0.2, 0.25) is 0 Å². The summed E-state index contributed by atoms with van der Waals surface area (Å²) in [6, 6.07) is 4.60. The van der Waals surface area contributed by atoms with E-state index in [4.69, 9.17) is 0 Å². The van der Waals surface area contributed by atoms with Gasteiger partial charge in [-0.25, -0.2) is 0 Å². The Hall–Kier alpha value is -0.380. The van der Waals surface area contributed by atoms with Crippen LogP contribution >= 0.6 is 11.3 Å². The summed E-state index contributed by atoms with van der Waals surface area (Å²) >= 11 is 1.63. The third-order valence-corrected chi connectivity index (χ3v) is 4.93. The average molecular weight is 253 g/mol. The fourth-order valence-electron chi connectivity index (χ4n) is 2.48. The highest BCUT2D eigenvalue weighted by atomic mass is 32.1. The van der Waals surface area contributed by atoms with Crippen molar-refractivity contribution in [1.82, 2.24) is 5.32 Å². The highest BCUT2D eigenvalue weighted by molar-refractivity contribution is 7.10. The molecule has 2 nitrogen and oxygen atoms in total. The van der Waals surface area contributed by atoms with Crippen LogP contribution in [0.15, 0.2) is 17.5 Å². The lowest BCUT2D eigenvalue weighted by Gasteiger charge is -2.30. The number of hydrogen-bond acceptors (Lipinski definition) is 3. The number of aliphatic hydroxyl groups is 1. The topological polar surface area (TPSA) is 32.3 Å². The molecule has 1 aliphatic carbocycles. The number of rotatable bonds is 4. The smallest absolute Gasteiger partial charge is 0.108 e. The molecule has 0 spiro atoms. The minimum Gasteiger partial charge on any atom is -0.383 e. The van der Waals surface area contributed by atoms with E-state index in [0.717, 1.165) is 10.8 Å². The fraction of sp³-hybridized carbons (Fsp3) is 0.714. The van der Waals surface area contributed by atoms with Crippen LogP contribution in [0.25, 0.3) is 0 Å². The van der Waals surface area contributed by atoms with E-state index in [1.165, 1.54) is 25.7 Å². The fourth-order valence-corrected chi connectivity index (χ4v) is 3.27. The van der Waals surface area contributed by atoms with E-state index in [2.05, 4.69) is 12.2 Å². The van der Waals surface area contributed by atoms with E-state index in [1.54, 1.807) is 11.3 Å². The molecule has 1 atom stereocenters. The van der Waals surface area contributed by atoms with Crippen LogP contribution in [0.5, 0.6) is 0 Å². The van der Waals surface area contributed by atoms with Gasteiger partial charge in [-0.3, -0.25) is 0 Å². The van der Waals surface area contributed by atoms with Crippen molar-refractivity contribution in [2.24, 2.45) is 5.92 Å². The van der Waals surface area contributed by atoms with E-state index < -0.39 is 5.60 Å². The summed E-state index contributed by atoms with van der Waals surface area (Å²) < 4.78 is 0. The summed E-state index contributed by atoms with van der Waals surface area (Å²) in [6.07, 6.45) is 5.14. The Morgan fingerprint density at radius 1 is 1.41 bits per heavy atom. The monoisotopic (exact) mass is 253 g/mol. The molecular formula is C14H23NOS. The first-order valence-electron chi connectivity index (χ1n) is 6.57. The molecule has 0 aliphatic heterocycles. The lowest BCUT2D eigenvalue weighted by Crippen LogP contribution is -2.41. The Labute approximate surface area is 108 Å². The van der Waals surface area contributed by atoms with Gasteiger partial charge >= 0.3 is 0 Å². The van der Waals surface area contributed by atoms with Gasteiger partial charge in [-0.15, -0.1) is 11.3 Å². The Bertz CT molecular complexity index is 326. The van der Waals surface area contributed by atoms with Crippen LogP contribution in [0.4, 0.5) is 0 Å². The second-order valence-electron chi connectivity index (χ2n) is 5.59. The number of thiophene rings is 1. The molecule has 1 heterocycles. The van der Waals surface area contributed by atoms with Gasteiger partial charge in [0.2, 0.25) is 0 Å². The molecule has 2 N–H and O–H groups in total. The summed E-state index contributed by atoms with van der Waals surface area (Å²) in [7, 11) is 0. The van der Waals surface area contributed by atoms with E-state index in [9.17, 15) is 5.11 Å². The molecule has 1 aliphatic rings. The van der Waals surface area contributed by atoms with Crippen molar-refractivity contribution < 1.29 is 5.11 Å². The summed E-state index contributed by atoms with van der Waals surface area (Å²) in [6.45, 7) is 4.89. The molecule has 96 valence electrons.